The summed E-state index contributed by atoms with van der Waals surface area (Å²) in [6, 6.07) is 0.694. The minimum atomic E-state index is 0.468. The number of ether oxygens (including phenoxy) is 2. The molecule has 0 aromatic carbocycles. The lowest BCUT2D eigenvalue weighted by atomic mass is 9.95. The molecule has 158 valence electrons. The fourth-order valence-corrected chi connectivity index (χ4v) is 4.20. The average molecular weight is 373 g/mol. The predicted molar refractivity (Wildman–Crippen MR) is 114 cm³/mol. The maximum Gasteiger partial charge on any atom is 0.0650 e. The van der Waals surface area contributed by atoms with Crippen molar-refractivity contribution in [3.63, 3.8) is 0 Å². The molecule has 0 N–H and O–H groups in total. The van der Waals surface area contributed by atoms with Crippen LogP contribution in [0.5, 0.6) is 0 Å². The number of likely N-dealkylation sites (N-methyl/N-ethyl adjacent to an activating group) is 1. The normalized spacial score (nSPS) is 23.9. The molecule has 3 aliphatic heterocycles. The van der Waals surface area contributed by atoms with Crippen LogP contribution in [0.2, 0.25) is 0 Å². The third kappa shape index (κ3) is 8.24. The first kappa shape index (κ1) is 25.8. The van der Waals surface area contributed by atoms with E-state index in [0.717, 1.165) is 26.4 Å². The zero-order chi connectivity index (χ0) is 19.8. The van der Waals surface area contributed by atoms with E-state index in [-0.39, 0.29) is 0 Å². The summed E-state index contributed by atoms with van der Waals surface area (Å²) in [6.07, 6.45) is 8.16. The van der Waals surface area contributed by atoms with E-state index in [2.05, 4.69) is 30.7 Å². The van der Waals surface area contributed by atoms with Gasteiger partial charge in [-0.25, -0.2) is 0 Å². The van der Waals surface area contributed by atoms with E-state index in [0.29, 0.717) is 11.6 Å². The second-order valence-electron chi connectivity index (χ2n) is 6.99. The molecule has 0 spiro atoms. The molecule has 0 aromatic heterocycles. The lowest BCUT2D eigenvalue weighted by Gasteiger charge is -2.31. The number of hydrogen-bond donors (Lipinski definition) is 0. The number of hydrogen-bond acceptors (Lipinski definition) is 4. The second-order valence-corrected chi connectivity index (χ2v) is 6.99. The van der Waals surface area contributed by atoms with Gasteiger partial charge < -0.3 is 14.4 Å². The topological polar surface area (TPSA) is 24.9 Å². The van der Waals surface area contributed by atoms with Crippen molar-refractivity contribution in [2.75, 3.05) is 53.1 Å². The summed E-state index contributed by atoms with van der Waals surface area (Å²) < 4.78 is 10.9. The van der Waals surface area contributed by atoms with Crippen LogP contribution in [0.1, 0.15) is 80.1 Å². The molecule has 4 heteroatoms. The van der Waals surface area contributed by atoms with Gasteiger partial charge >= 0.3 is 0 Å². The predicted octanol–water partition coefficient (Wildman–Crippen LogP) is 4.82. The SMILES string of the molecule is CC.CC.CCOCC12CCCN1CCC2.CCOCC1CCCN1C. The molecule has 1 atom stereocenters. The zero-order valence-corrected chi connectivity index (χ0v) is 19.0. The van der Waals surface area contributed by atoms with E-state index in [1.54, 1.807) is 0 Å². The number of fused-ring (bicyclic) bond motifs is 1. The van der Waals surface area contributed by atoms with Gasteiger partial charge in [0.05, 0.1) is 13.2 Å². The smallest absolute Gasteiger partial charge is 0.0650 e. The molecule has 26 heavy (non-hydrogen) atoms. The van der Waals surface area contributed by atoms with Crippen molar-refractivity contribution in [3.05, 3.63) is 0 Å². The largest absolute Gasteiger partial charge is 0.380 e. The standard InChI is InChI=1S/C10H19NO.C8H17NO.2C2H6/c1-2-12-9-10-5-3-7-11(10)8-4-6-10;1-3-10-7-8-5-4-6-9(8)2;2*1-2/h2-9H2,1H3;8H,3-7H2,1-2H3;2*1-2H3. The first-order valence-corrected chi connectivity index (χ1v) is 11.3. The summed E-state index contributed by atoms with van der Waals surface area (Å²) in [4.78, 5) is 5.03. The lowest BCUT2D eigenvalue weighted by molar-refractivity contribution is 0.0417. The Morgan fingerprint density at radius 1 is 0.846 bits per heavy atom. The Balaban J connectivity index is 0.000000409. The van der Waals surface area contributed by atoms with Gasteiger partial charge in [-0.15, -0.1) is 0 Å². The highest BCUT2D eigenvalue weighted by molar-refractivity contribution is 4.99. The van der Waals surface area contributed by atoms with Gasteiger partial charge in [-0.2, -0.15) is 0 Å². The van der Waals surface area contributed by atoms with Crippen molar-refractivity contribution < 1.29 is 9.47 Å². The number of rotatable bonds is 6. The quantitative estimate of drug-likeness (QED) is 0.667. The Morgan fingerprint density at radius 2 is 1.42 bits per heavy atom. The van der Waals surface area contributed by atoms with E-state index in [9.17, 15) is 0 Å². The molecule has 4 nitrogen and oxygen atoms in total. The minimum absolute atomic E-state index is 0.468. The van der Waals surface area contributed by atoms with E-state index >= 15 is 0 Å². The van der Waals surface area contributed by atoms with Gasteiger partial charge in [0.15, 0.2) is 0 Å². The van der Waals surface area contributed by atoms with Crippen LogP contribution in [0.15, 0.2) is 0 Å². The molecule has 0 saturated carbocycles. The average Bonchev–Trinajstić information content (AvgIpc) is 3.38. The maximum atomic E-state index is 5.58. The lowest BCUT2D eigenvalue weighted by Crippen LogP contribution is -2.42. The van der Waals surface area contributed by atoms with Gasteiger partial charge in [0.25, 0.3) is 0 Å². The third-order valence-electron chi connectivity index (χ3n) is 5.57. The third-order valence-corrected chi connectivity index (χ3v) is 5.57. The zero-order valence-electron chi connectivity index (χ0n) is 19.0. The molecule has 3 saturated heterocycles. The van der Waals surface area contributed by atoms with Crippen molar-refractivity contribution in [3.8, 4) is 0 Å². The first-order valence-electron chi connectivity index (χ1n) is 11.3. The molecule has 3 fully saturated rings. The van der Waals surface area contributed by atoms with Crippen molar-refractivity contribution >= 4 is 0 Å². The molecule has 0 radical (unpaired) electrons. The fourth-order valence-electron chi connectivity index (χ4n) is 4.20. The van der Waals surface area contributed by atoms with Crippen LogP contribution in [-0.4, -0.2) is 74.5 Å². The molecule has 3 heterocycles. The van der Waals surface area contributed by atoms with Crippen LogP contribution in [0.4, 0.5) is 0 Å². The Hall–Kier alpha value is -0.160. The number of nitrogens with zero attached hydrogens (tertiary/aromatic N) is 2. The first-order chi connectivity index (χ1) is 12.7. The minimum Gasteiger partial charge on any atom is -0.380 e. The van der Waals surface area contributed by atoms with Crippen molar-refractivity contribution in [2.24, 2.45) is 0 Å². The van der Waals surface area contributed by atoms with E-state index in [1.807, 2.05) is 27.7 Å². The molecule has 0 aromatic rings. The van der Waals surface area contributed by atoms with Gasteiger partial charge in [-0.05, 0) is 79.1 Å². The van der Waals surface area contributed by atoms with Crippen molar-refractivity contribution in [1.29, 1.82) is 0 Å². The van der Waals surface area contributed by atoms with Crippen LogP contribution in [0, 0.1) is 0 Å². The van der Waals surface area contributed by atoms with Gasteiger partial charge in [-0.3, -0.25) is 4.90 Å². The highest BCUT2D eigenvalue weighted by atomic mass is 16.5. The number of likely N-dealkylation sites (tertiary alicyclic amines) is 1. The van der Waals surface area contributed by atoms with E-state index in [4.69, 9.17) is 9.47 Å². The maximum absolute atomic E-state index is 5.58. The van der Waals surface area contributed by atoms with Gasteiger partial charge in [0.1, 0.15) is 0 Å². The Morgan fingerprint density at radius 3 is 1.88 bits per heavy atom. The molecule has 0 aliphatic carbocycles. The molecular formula is C22H48N2O2. The summed E-state index contributed by atoms with van der Waals surface area (Å²) in [5.74, 6) is 0. The summed E-state index contributed by atoms with van der Waals surface area (Å²) in [5, 5.41) is 0. The monoisotopic (exact) mass is 372 g/mol. The van der Waals surface area contributed by atoms with Crippen LogP contribution in [-0.2, 0) is 9.47 Å². The van der Waals surface area contributed by atoms with Crippen molar-refractivity contribution in [1.82, 2.24) is 9.80 Å². The Labute approximate surface area is 164 Å². The molecule has 3 rings (SSSR count). The summed E-state index contributed by atoms with van der Waals surface area (Å²) in [7, 11) is 2.18. The second kappa shape index (κ2) is 15.9. The molecular weight excluding hydrogens is 324 g/mol. The highest BCUT2D eigenvalue weighted by Crippen LogP contribution is 2.38. The van der Waals surface area contributed by atoms with Gasteiger partial charge in [-0.1, -0.05) is 27.7 Å². The van der Waals surface area contributed by atoms with Crippen molar-refractivity contribution in [2.45, 2.75) is 91.6 Å². The van der Waals surface area contributed by atoms with Crippen LogP contribution < -0.4 is 0 Å². The highest BCUT2D eigenvalue weighted by Gasteiger charge is 2.44. The Bertz CT molecular complexity index is 303. The molecule has 0 bridgehead atoms. The summed E-state index contributed by atoms with van der Waals surface area (Å²) >= 11 is 0. The molecule has 3 aliphatic rings. The summed E-state index contributed by atoms with van der Waals surface area (Å²) in [6.45, 7) is 19.6. The van der Waals surface area contributed by atoms with Gasteiger partial charge in [0, 0.05) is 24.8 Å². The molecule has 0 amide bonds. The van der Waals surface area contributed by atoms with Gasteiger partial charge in [0.2, 0.25) is 0 Å². The Kier molecular flexibility index (Phi) is 15.8. The summed E-state index contributed by atoms with van der Waals surface area (Å²) in [5.41, 5.74) is 0.468. The van der Waals surface area contributed by atoms with E-state index in [1.165, 1.54) is 58.2 Å². The molecule has 1 unspecified atom stereocenters. The van der Waals surface area contributed by atoms with Crippen LogP contribution in [0.25, 0.3) is 0 Å². The fraction of sp³-hybridized carbons (Fsp3) is 1.00. The van der Waals surface area contributed by atoms with Crippen LogP contribution in [0.3, 0.4) is 0 Å². The van der Waals surface area contributed by atoms with E-state index < -0.39 is 0 Å². The van der Waals surface area contributed by atoms with Crippen LogP contribution >= 0.6 is 0 Å².